The van der Waals surface area contributed by atoms with Crippen molar-refractivity contribution in [2.24, 2.45) is 5.92 Å². The van der Waals surface area contributed by atoms with Gasteiger partial charge in [0, 0.05) is 31.4 Å². The van der Waals surface area contributed by atoms with E-state index in [1.54, 1.807) is 0 Å². The number of carbonyl (C=O) groups is 1. The van der Waals surface area contributed by atoms with Gasteiger partial charge in [0.25, 0.3) is 5.91 Å². The summed E-state index contributed by atoms with van der Waals surface area (Å²) >= 11 is 0. The molecule has 4 rings (SSSR count). The molecular formula is C18H26N6O. The summed E-state index contributed by atoms with van der Waals surface area (Å²) in [5.41, 5.74) is 3.93. The maximum atomic E-state index is 12.2. The zero-order chi connectivity index (χ0) is 17.4. The second-order valence-electron chi connectivity index (χ2n) is 7.68. The highest BCUT2D eigenvalue weighted by Crippen LogP contribution is 2.20. The van der Waals surface area contributed by atoms with Gasteiger partial charge >= 0.3 is 0 Å². The minimum Gasteiger partial charge on any atom is -0.348 e. The van der Waals surface area contributed by atoms with E-state index in [4.69, 9.17) is 0 Å². The molecule has 134 valence electrons. The van der Waals surface area contributed by atoms with E-state index in [0.717, 1.165) is 62.5 Å². The van der Waals surface area contributed by atoms with Crippen molar-refractivity contribution in [3.8, 4) is 0 Å². The molecule has 1 aliphatic carbocycles. The number of aromatic amines is 1. The molecule has 2 aromatic rings. The molecule has 7 heteroatoms. The van der Waals surface area contributed by atoms with Crippen molar-refractivity contribution < 1.29 is 4.79 Å². The molecule has 0 unspecified atom stereocenters. The van der Waals surface area contributed by atoms with Crippen molar-refractivity contribution in [1.29, 1.82) is 0 Å². The number of fused-ring (bicyclic) bond motifs is 1. The molecule has 2 aromatic heterocycles. The minimum absolute atomic E-state index is 0.0390. The first kappa shape index (κ1) is 16.3. The standard InChI is InChI=1S/C18H26N6O/c1-12(2)7-14-8-15(21-20-14)10-23-5-6-24-16(11-23)9-17(22-24)18(25)19-13-3-4-13/h8-9,12-13H,3-7,10-11H2,1-2H3,(H,19,25)(H,20,21). The van der Waals surface area contributed by atoms with Crippen molar-refractivity contribution in [2.75, 3.05) is 6.54 Å². The zero-order valence-corrected chi connectivity index (χ0v) is 15.0. The monoisotopic (exact) mass is 342 g/mol. The van der Waals surface area contributed by atoms with E-state index < -0.39 is 0 Å². The van der Waals surface area contributed by atoms with E-state index in [2.05, 4.69) is 45.4 Å². The van der Waals surface area contributed by atoms with Crippen LogP contribution >= 0.6 is 0 Å². The first-order valence-corrected chi connectivity index (χ1v) is 9.20. The Bertz CT molecular complexity index is 757. The molecule has 1 saturated carbocycles. The molecule has 25 heavy (non-hydrogen) atoms. The lowest BCUT2D eigenvalue weighted by Crippen LogP contribution is -2.33. The van der Waals surface area contributed by atoms with E-state index in [9.17, 15) is 4.79 Å². The topological polar surface area (TPSA) is 78.8 Å². The molecule has 1 fully saturated rings. The van der Waals surface area contributed by atoms with E-state index >= 15 is 0 Å². The SMILES string of the molecule is CC(C)Cc1cc(CN2CCn3nc(C(=O)NC4CC4)cc3C2)[nH]n1. The fourth-order valence-corrected chi connectivity index (χ4v) is 3.31. The molecule has 2 N–H and O–H groups in total. The number of H-pyrrole nitrogens is 1. The number of nitrogens with one attached hydrogen (secondary N) is 2. The maximum Gasteiger partial charge on any atom is 0.272 e. The molecule has 0 bridgehead atoms. The number of nitrogens with zero attached hydrogens (tertiary/aromatic N) is 4. The van der Waals surface area contributed by atoms with Gasteiger partial charge in [0.15, 0.2) is 5.69 Å². The van der Waals surface area contributed by atoms with Crippen LogP contribution < -0.4 is 5.32 Å². The molecule has 0 atom stereocenters. The molecule has 0 spiro atoms. The number of hydrogen-bond acceptors (Lipinski definition) is 4. The largest absolute Gasteiger partial charge is 0.348 e. The Balaban J connectivity index is 1.38. The van der Waals surface area contributed by atoms with Crippen molar-refractivity contribution in [3.05, 3.63) is 34.9 Å². The average molecular weight is 342 g/mol. The van der Waals surface area contributed by atoms with Crippen molar-refractivity contribution in [3.63, 3.8) is 0 Å². The molecule has 0 aromatic carbocycles. The molecule has 7 nitrogen and oxygen atoms in total. The van der Waals surface area contributed by atoms with Crippen LogP contribution in [0.3, 0.4) is 0 Å². The molecule has 0 saturated heterocycles. The Kier molecular flexibility index (Phi) is 4.33. The van der Waals surface area contributed by atoms with Gasteiger partial charge in [0.05, 0.1) is 17.9 Å². The van der Waals surface area contributed by atoms with E-state index in [-0.39, 0.29) is 5.91 Å². The normalized spacial score (nSPS) is 17.7. The third kappa shape index (κ3) is 3.92. The van der Waals surface area contributed by atoms with E-state index in [0.29, 0.717) is 17.7 Å². The second kappa shape index (κ2) is 6.63. The Hall–Kier alpha value is -2.15. The zero-order valence-electron chi connectivity index (χ0n) is 15.0. The summed E-state index contributed by atoms with van der Waals surface area (Å²) < 4.78 is 1.97. The summed E-state index contributed by atoms with van der Waals surface area (Å²) in [4.78, 5) is 14.5. The van der Waals surface area contributed by atoms with Crippen LogP contribution in [0.2, 0.25) is 0 Å². The van der Waals surface area contributed by atoms with Gasteiger partial charge in [0.2, 0.25) is 0 Å². The lowest BCUT2D eigenvalue weighted by atomic mass is 10.1. The molecule has 0 radical (unpaired) electrons. The van der Waals surface area contributed by atoms with Crippen LogP contribution in [-0.4, -0.2) is 43.4 Å². The first-order valence-electron chi connectivity index (χ1n) is 9.20. The van der Waals surface area contributed by atoms with Crippen molar-refractivity contribution >= 4 is 5.91 Å². The van der Waals surface area contributed by atoms with Gasteiger partial charge < -0.3 is 5.32 Å². The molecule has 1 amide bonds. The van der Waals surface area contributed by atoms with Crippen LogP contribution in [-0.2, 0) is 26.1 Å². The maximum absolute atomic E-state index is 12.2. The number of hydrogen-bond donors (Lipinski definition) is 2. The Labute approximate surface area is 147 Å². The van der Waals surface area contributed by atoms with Crippen molar-refractivity contribution in [1.82, 2.24) is 30.2 Å². The van der Waals surface area contributed by atoms with E-state index in [1.807, 2.05) is 10.7 Å². The summed E-state index contributed by atoms with van der Waals surface area (Å²) in [6.45, 7) is 7.81. The Morgan fingerprint density at radius 1 is 1.36 bits per heavy atom. The summed E-state index contributed by atoms with van der Waals surface area (Å²) in [6, 6.07) is 4.46. The lowest BCUT2D eigenvalue weighted by Gasteiger charge is -2.26. The first-order chi connectivity index (χ1) is 12.1. The molecule has 2 aliphatic rings. The minimum atomic E-state index is -0.0390. The smallest absolute Gasteiger partial charge is 0.272 e. The Morgan fingerprint density at radius 3 is 2.96 bits per heavy atom. The summed E-state index contributed by atoms with van der Waals surface area (Å²) in [5.74, 6) is 0.573. The predicted molar refractivity (Wildman–Crippen MR) is 94.0 cm³/mol. The Morgan fingerprint density at radius 2 is 2.20 bits per heavy atom. The second-order valence-corrected chi connectivity index (χ2v) is 7.68. The average Bonchev–Trinajstić information content (AvgIpc) is 3.10. The van der Waals surface area contributed by atoms with Crippen LogP contribution in [0.1, 0.15) is 54.3 Å². The fraction of sp³-hybridized carbons (Fsp3) is 0.611. The van der Waals surface area contributed by atoms with Gasteiger partial charge in [-0.25, -0.2) is 0 Å². The van der Waals surface area contributed by atoms with Gasteiger partial charge in [-0.05, 0) is 37.3 Å². The molecule has 1 aliphatic heterocycles. The van der Waals surface area contributed by atoms with E-state index in [1.165, 1.54) is 0 Å². The van der Waals surface area contributed by atoms with Gasteiger partial charge in [0.1, 0.15) is 0 Å². The summed E-state index contributed by atoms with van der Waals surface area (Å²) in [6.07, 6.45) is 3.19. The third-order valence-electron chi connectivity index (χ3n) is 4.72. The van der Waals surface area contributed by atoms with Crippen LogP contribution in [0.15, 0.2) is 12.1 Å². The fourth-order valence-electron chi connectivity index (χ4n) is 3.31. The number of rotatable bonds is 6. The van der Waals surface area contributed by atoms with Crippen LogP contribution in [0.5, 0.6) is 0 Å². The van der Waals surface area contributed by atoms with Gasteiger partial charge in [-0.1, -0.05) is 13.8 Å². The number of carbonyl (C=O) groups excluding carboxylic acids is 1. The van der Waals surface area contributed by atoms with Crippen LogP contribution in [0, 0.1) is 5.92 Å². The van der Waals surface area contributed by atoms with Gasteiger partial charge in [-0.15, -0.1) is 0 Å². The van der Waals surface area contributed by atoms with Crippen LogP contribution in [0.4, 0.5) is 0 Å². The molecule has 3 heterocycles. The quantitative estimate of drug-likeness (QED) is 0.838. The highest BCUT2D eigenvalue weighted by Gasteiger charge is 2.26. The number of amides is 1. The molecular weight excluding hydrogens is 316 g/mol. The highest BCUT2D eigenvalue weighted by molar-refractivity contribution is 5.92. The highest BCUT2D eigenvalue weighted by atomic mass is 16.2. The third-order valence-corrected chi connectivity index (χ3v) is 4.72. The summed E-state index contributed by atoms with van der Waals surface area (Å²) in [7, 11) is 0. The van der Waals surface area contributed by atoms with Crippen molar-refractivity contribution in [2.45, 2.75) is 58.8 Å². The van der Waals surface area contributed by atoms with Gasteiger partial charge in [-0.3, -0.25) is 19.5 Å². The number of aromatic nitrogens is 4. The lowest BCUT2D eigenvalue weighted by molar-refractivity contribution is 0.0945. The van der Waals surface area contributed by atoms with Gasteiger partial charge in [-0.2, -0.15) is 10.2 Å². The predicted octanol–water partition coefficient (Wildman–Crippen LogP) is 1.71. The van der Waals surface area contributed by atoms with Crippen LogP contribution in [0.25, 0.3) is 0 Å². The summed E-state index contributed by atoms with van der Waals surface area (Å²) in [5, 5.41) is 15.0.